The number of nitrogens with one attached hydrogen (secondary N) is 1. The van der Waals surface area contributed by atoms with Gasteiger partial charge in [0.2, 0.25) is 0 Å². The lowest BCUT2D eigenvalue weighted by atomic mass is 10.2. The Hall–Kier alpha value is -2.73. The maximum atomic E-state index is 13.2. The number of rotatable bonds is 8. The zero-order chi connectivity index (χ0) is 20.0. The monoisotopic (exact) mass is 391 g/mol. The molecule has 0 fully saturated rings. The number of methoxy groups -OCH3 is 1. The number of benzene rings is 2. The number of primary amides is 1. The molecule has 0 saturated heterocycles. The van der Waals surface area contributed by atoms with Gasteiger partial charge in [0.25, 0.3) is 5.91 Å². The predicted octanol–water partition coefficient (Wildman–Crippen LogP) is 4.02. The number of ether oxygens (including phenoxy) is 1. The van der Waals surface area contributed by atoms with Gasteiger partial charge in [-0.1, -0.05) is 29.8 Å². The molecule has 1 atom stereocenters. The fourth-order valence-corrected chi connectivity index (χ4v) is 2.71. The van der Waals surface area contributed by atoms with Crippen molar-refractivity contribution in [3.05, 3.63) is 76.4 Å². The number of carbonyl (C=O) groups is 1. The first kappa shape index (κ1) is 20.6. The highest BCUT2D eigenvalue weighted by Gasteiger charge is 2.16. The van der Waals surface area contributed by atoms with Gasteiger partial charge in [-0.2, -0.15) is 0 Å². The van der Waals surface area contributed by atoms with Gasteiger partial charge >= 0.3 is 0 Å². The number of carbonyl (C=O) groups excluding carboxylic acids is 1. The quantitative estimate of drug-likeness (QED) is 0.405. The molecule has 1 unspecified atom stereocenters. The normalized spacial score (nSPS) is 12.4. The third-order valence-electron chi connectivity index (χ3n) is 4.15. The second-order valence-corrected chi connectivity index (χ2v) is 6.50. The predicted molar refractivity (Wildman–Crippen MR) is 106 cm³/mol. The summed E-state index contributed by atoms with van der Waals surface area (Å²) in [6, 6.07) is 11.7. The van der Waals surface area contributed by atoms with Crippen molar-refractivity contribution in [3.63, 3.8) is 0 Å². The minimum Gasteiger partial charge on any atom is -0.490 e. The van der Waals surface area contributed by atoms with E-state index in [-0.39, 0.29) is 17.7 Å². The van der Waals surface area contributed by atoms with E-state index in [0.717, 1.165) is 16.8 Å². The molecule has 0 saturated carbocycles. The minimum absolute atomic E-state index is 0.0218. The number of halogens is 2. The zero-order valence-corrected chi connectivity index (χ0v) is 16.3. The molecule has 27 heavy (non-hydrogen) atoms. The topological polar surface area (TPSA) is 67.6 Å². The lowest BCUT2D eigenvalue weighted by Crippen LogP contribution is -2.35. The molecule has 0 aromatic heterocycles. The Balaban J connectivity index is 2.30. The van der Waals surface area contributed by atoms with Gasteiger partial charge in [-0.25, -0.2) is 4.39 Å². The molecular formula is C20H23ClFN3O2. The molecule has 144 valence electrons. The van der Waals surface area contributed by atoms with Crippen LogP contribution in [0.5, 0.6) is 0 Å². The molecule has 5 nitrogen and oxygen atoms in total. The van der Waals surface area contributed by atoms with Gasteiger partial charge in [0.05, 0.1) is 13.3 Å². The standard InChI is InChI=1S/C20H23ClFN3O2/c1-13-17(21)5-4-6-18(13)24-14(2)25(12-19(27-3)20(23)26)11-15-7-9-16(22)10-8-15/h4-10,12,14,24H,11H2,1-3H3,(H2,23,26)/b19-12+. The van der Waals surface area contributed by atoms with Crippen molar-refractivity contribution < 1.29 is 13.9 Å². The van der Waals surface area contributed by atoms with Crippen LogP contribution in [-0.4, -0.2) is 24.1 Å². The van der Waals surface area contributed by atoms with Crippen LogP contribution in [0, 0.1) is 12.7 Å². The van der Waals surface area contributed by atoms with E-state index in [1.165, 1.54) is 19.2 Å². The Kier molecular flexibility index (Phi) is 7.07. The van der Waals surface area contributed by atoms with E-state index >= 15 is 0 Å². The van der Waals surface area contributed by atoms with Crippen molar-refractivity contribution in [2.24, 2.45) is 5.73 Å². The van der Waals surface area contributed by atoms with E-state index in [0.29, 0.717) is 11.6 Å². The number of nitrogens with zero attached hydrogens (tertiary/aromatic N) is 1. The van der Waals surface area contributed by atoms with Crippen LogP contribution in [0.4, 0.5) is 10.1 Å². The van der Waals surface area contributed by atoms with Gasteiger partial charge in [0.1, 0.15) is 5.82 Å². The fraction of sp³-hybridized carbons (Fsp3) is 0.250. The van der Waals surface area contributed by atoms with Crippen LogP contribution in [0.15, 0.2) is 54.4 Å². The molecule has 7 heteroatoms. The summed E-state index contributed by atoms with van der Waals surface area (Å²) in [5.41, 5.74) is 8.01. The van der Waals surface area contributed by atoms with Crippen molar-refractivity contribution in [3.8, 4) is 0 Å². The van der Waals surface area contributed by atoms with Crippen LogP contribution >= 0.6 is 11.6 Å². The highest BCUT2D eigenvalue weighted by Crippen LogP contribution is 2.24. The highest BCUT2D eigenvalue weighted by atomic mass is 35.5. The maximum Gasteiger partial charge on any atom is 0.285 e. The molecule has 0 radical (unpaired) electrons. The number of hydrogen-bond acceptors (Lipinski definition) is 4. The van der Waals surface area contributed by atoms with E-state index in [2.05, 4.69) is 5.32 Å². The number of hydrogen-bond donors (Lipinski definition) is 2. The first-order valence-electron chi connectivity index (χ1n) is 8.39. The Morgan fingerprint density at radius 2 is 2.00 bits per heavy atom. The van der Waals surface area contributed by atoms with E-state index in [1.807, 2.05) is 36.9 Å². The molecular weight excluding hydrogens is 369 g/mol. The Labute approximate surface area is 163 Å². The largest absolute Gasteiger partial charge is 0.490 e. The summed E-state index contributed by atoms with van der Waals surface area (Å²) in [6.07, 6.45) is 1.31. The number of anilines is 1. The lowest BCUT2D eigenvalue weighted by molar-refractivity contribution is -0.117. The Bertz CT molecular complexity index is 824. The average molecular weight is 392 g/mol. The highest BCUT2D eigenvalue weighted by molar-refractivity contribution is 6.31. The fourth-order valence-electron chi connectivity index (χ4n) is 2.53. The molecule has 2 aromatic carbocycles. The minimum atomic E-state index is -0.673. The lowest BCUT2D eigenvalue weighted by Gasteiger charge is -2.30. The van der Waals surface area contributed by atoms with E-state index in [4.69, 9.17) is 22.1 Å². The number of amides is 1. The average Bonchev–Trinajstić information content (AvgIpc) is 2.63. The first-order chi connectivity index (χ1) is 12.8. The third kappa shape index (κ3) is 5.62. The summed E-state index contributed by atoms with van der Waals surface area (Å²) in [4.78, 5) is 13.4. The van der Waals surface area contributed by atoms with Gasteiger partial charge in [-0.05, 0) is 49.2 Å². The van der Waals surface area contributed by atoms with Gasteiger partial charge in [0.15, 0.2) is 5.76 Å². The summed E-state index contributed by atoms with van der Waals surface area (Å²) in [7, 11) is 1.38. The van der Waals surface area contributed by atoms with Crippen molar-refractivity contribution >= 4 is 23.2 Å². The van der Waals surface area contributed by atoms with Crippen LogP contribution in [-0.2, 0) is 16.1 Å². The van der Waals surface area contributed by atoms with Crippen LogP contribution < -0.4 is 11.1 Å². The summed E-state index contributed by atoms with van der Waals surface area (Å²) in [5.74, 6) is -0.961. The molecule has 1 amide bonds. The molecule has 3 N–H and O–H groups in total. The molecule has 0 aliphatic rings. The maximum absolute atomic E-state index is 13.2. The molecule has 0 spiro atoms. The molecule has 0 aliphatic carbocycles. The first-order valence-corrected chi connectivity index (χ1v) is 8.77. The Morgan fingerprint density at radius 3 is 2.59 bits per heavy atom. The summed E-state index contributed by atoms with van der Waals surface area (Å²) >= 11 is 6.19. The number of nitrogens with two attached hydrogens (primary N) is 1. The molecule has 2 rings (SSSR count). The van der Waals surface area contributed by atoms with Gasteiger partial charge in [-0.15, -0.1) is 0 Å². The molecule has 2 aromatic rings. The molecule has 0 bridgehead atoms. The van der Waals surface area contributed by atoms with Crippen molar-refractivity contribution in [1.82, 2.24) is 4.90 Å². The molecule has 0 aliphatic heterocycles. The van der Waals surface area contributed by atoms with E-state index < -0.39 is 5.91 Å². The second-order valence-electron chi connectivity index (χ2n) is 6.09. The summed E-state index contributed by atoms with van der Waals surface area (Å²) in [5, 5.41) is 4.02. The summed E-state index contributed by atoms with van der Waals surface area (Å²) in [6.45, 7) is 4.25. The Morgan fingerprint density at radius 1 is 1.33 bits per heavy atom. The summed E-state index contributed by atoms with van der Waals surface area (Å²) < 4.78 is 18.3. The van der Waals surface area contributed by atoms with Gasteiger partial charge in [-0.3, -0.25) is 4.79 Å². The van der Waals surface area contributed by atoms with Crippen molar-refractivity contribution in [1.29, 1.82) is 0 Å². The van der Waals surface area contributed by atoms with E-state index in [9.17, 15) is 9.18 Å². The van der Waals surface area contributed by atoms with Crippen LogP contribution in [0.3, 0.4) is 0 Å². The van der Waals surface area contributed by atoms with Gasteiger partial charge in [0, 0.05) is 23.5 Å². The van der Waals surface area contributed by atoms with E-state index in [1.54, 1.807) is 18.3 Å². The molecule has 0 heterocycles. The van der Waals surface area contributed by atoms with Crippen molar-refractivity contribution in [2.45, 2.75) is 26.6 Å². The SMILES string of the molecule is CO/C(=C/N(Cc1ccc(F)cc1)C(C)Nc1cccc(Cl)c1C)C(N)=O. The van der Waals surface area contributed by atoms with Gasteiger partial charge < -0.3 is 20.7 Å². The third-order valence-corrected chi connectivity index (χ3v) is 4.56. The second kappa shape index (κ2) is 9.28. The smallest absolute Gasteiger partial charge is 0.285 e. The van der Waals surface area contributed by atoms with Crippen LogP contribution in [0.2, 0.25) is 5.02 Å². The van der Waals surface area contributed by atoms with Crippen molar-refractivity contribution in [2.75, 3.05) is 12.4 Å². The van der Waals surface area contributed by atoms with Crippen LogP contribution in [0.1, 0.15) is 18.1 Å². The van der Waals surface area contributed by atoms with Crippen LogP contribution in [0.25, 0.3) is 0 Å². The zero-order valence-electron chi connectivity index (χ0n) is 15.5.